The molecule has 0 atom stereocenters. The first kappa shape index (κ1) is 18.2. The standard InChI is InChI=1S/C24H17N7O/c1-32-16-8-15(10-26-11-16)19-2-3-20-23(29-19)24(31-30-20)21-9-17-18(12-27-13-22(17)28-21)14-4-6-25-7-5-14/h2-13,28H,1H3,(H,30,31). The fourth-order valence-corrected chi connectivity index (χ4v) is 3.86. The fraction of sp³-hybridized carbons (Fsp3) is 0.0417. The normalized spacial score (nSPS) is 11.3. The van der Waals surface area contributed by atoms with Crippen molar-refractivity contribution < 1.29 is 4.74 Å². The first-order valence-corrected chi connectivity index (χ1v) is 10.0. The molecule has 0 saturated heterocycles. The van der Waals surface area contributed by atoms with Crippen LogP contribution in [0.25, 0.3) is 55.7 Å². The summed E-state index contributed by atoms with van der Waals surface area (Å²) in [6.45, 7) is 0. The molecule has 0 amide bonds. The number of methoxy groups -OCH3 is 1. The predicted molar refractivity (Wildman–Crippen MR) is 122 cm³/mol. The molecule has 154 valence electrons. The Morgan fingerprint density at radius 3 is 2.56 bits per heavy atom. The average Bonchev–Trinajstić information content (AvgIpc) is 3.48. The second-order valence-corrected chi connectivity index (χ2v) is 7.35. The van der Waals surface area contributed by atoms with Gasteiger partial charge < -0.3 is 9.72 Å². The molecule has 0 aliphatic rings. The minimum absolute atomic E-state index is 0.684. The van der Waals surface area contributed by atoms with Gasteiger partial charge in [0.15, 0.2) is 0 Å². The second kappa shape index (κ2) is 7.28. The minimum atomic E-state index is 0.684. The number of nitrogens with one attached hydrogen (secondary N) is 2. The van der Waals surface area contributed by atoms with Crippen LogP contribution in [-0.2, 0) is 0 Å². The van der Waals surface area contributed by atoms with Crippen molar-refractivity contribution in [1.82, 2.24) is 35.1 Å². The Kier molecular flexibility index (Phi) is 4.14. The van der Waals surface area contributed by atoms with E-state index in [9.17, 15) is 0 Å². The highest BCUT2D eigenvalue weighted by molar-refractivity contribution is 5.99. The van der Waals surface area contributed by atoms with Crippen LogP contribution in [0.1, 0.15) is 0 Å². The molecule has 0 aliphatic heterocycles. The predicted octanol–water partition coefficient (Wildman–Crippen LogP) is 4.63. The molecule has 0 fully saturated rings. The van der Waals surface area contributed by atoms with Crippen molar-refractivity contribution in [3.63, 3.8) is 0 Å². The van der Waals surface area contributed by atoms with Crippen LogP contribution in [0.3, 0.4) is 0 Å². The van der Waals surface area contributed by atoms with E-state index in [-0.39, 0.29) is 0 Å². The summed E-state index contributed by atoms with van der Waals surface area (Å²) in [6, 6.07) is 11.9. The van der Waals surface area contributed by atoms with Crippen LogP contribution >= 0.6 is 0 Å². The fourth-order valence-electron chi connectivity index (χ4n) is 3.86. The maximum absolute atomic E-state index is 5.30. The number of aromatic amines is 2. The van der Waals surface area contributed by atoms with Crippen LogP contribution in [0.4, 0.5) is 0 Å². The molecule has 0 aliphatic carbocycles. The van der Waals surface area contributed by atoms with Crippen molar-refractivity contribution in [2.75, 3.05) is 7.11 Å². The zero-order valence-corrected chi connectivity index (χ0v) is 17.1. The van der Waals surface area contributed by atoms with Crippen LogP contribution in [0.5, 0.6) is 5.75 Å². The molecule has 0 unspecified atom stereocenters. The highest BCUT2D eigenvalue weighted by atomic mass is 16.5. The molecule has 0 spiro atoms. The molecule has 6 aromatic rings. The van der Waals surface area contributed by atoms with Gasteiger partial charge >= 0.3 is 0 Å². The van der Waals surface area contributed by atoms with E-state index in [4.69, 9.17) is 9.72 Å². The molecular weight excluding hydrogens is 402 g/mol. The number of pyridine rings is 4. The lowest BCUT2D eigenvalue weighted by Crippen LogP contribution is -1.89. The summed E-state index contributed by atoms with van der Waals surface area (Å²) in [6.07, 6.45) is 10.7. The van der Waals surface area contributed by atoms with Gasteiger partial charge in [-0.05, 0) is 42.0 Å². The van der Waals surface area contributed by atoms with E-state index in [1.54, 1.807) is 31.9 Å². The van der Waals surface area contributed by atoms with E-state index < -0.39 is 0 Å². The van der Waals surface area contributed by atoms with Gasteiger partial charge in [-0.25, -0.2) is 4.98 Å². The maximum Gasteiger partial charge on any atom is 0.137 e. The SMILES string of the molecule is COc1cncc(-c2ccc3[nH]nc(-c4cc5c(-c6ccncc6)cncc5[nH]4)c3n2)c1. The molecule has 0 aromatic carbocycles. The zero-order chi connectivity index (χ0) is 21.5. The number of ether oxygens (including phenoxy) is 1. The molecule has 6 aromatic heterocycles. The first-order chi connectivity index (χ1) is 15.8. The summed E-state index contributed by atoms with van der Waals surface area (Å²) in [5, 5.41) is 8.68. The highest BCUT2D eigenvalue weighted by Crippen LogP contribution is 2.33. The van der Waals surface area contributed by atoms with Crippen molar-refractivity contribution in [2.45, 2.75) is 0 Å². The molecule has 0 saturated carbocycles. The lowest BCUT2D eigenvalue weighted by Gasteiger charge is -2.04. The maximum atomic E-state index is 5.30. The van der Waals surface area contributed by atoms with Crippen molar-refractivity contribution in [3.8, 4) is 39.5 Å². The topological polar surface area (TPSA) is 105 Å². The van der Waals surface area contributed by atoms with Crippen LogP contribution in [-0.4, -0.2) is 42.2 Å². The van der Waals surface area contributed by atoms with Crippen LogP contribution in [0, 0.1) is 0 Å². The molecule has 8 heteroatoms. The van der Waals surface area contributed by atoms with Gasteiger partial charge in [-0.1, -0.05) is 0 Å². The zero-order valence-electron chi connectivity index (χ0n) is 17.1. The van der Waals surface area contributed by atoms with Crippen LogP contribution < -0.4 is 4.74 Å². The van der Waals surface area contributed by atoms with Crippen molar-refractivity contribution in [3.05, 3.63) is 73.6 Å². The van der Waals surface area contributed by atoms with Gasteiger partial charge in [0, 0.05) is 41.3 Å². The van der Waals surface area contributed by atoms with E-state index in [1.165, 1.54) is 0 Å². The Balaban J connectivity index is 1.50. The third kappa shape index (κ3) is 2.97. The van der Waals surface area contributed by atoms with Gasteiger partial charge in [0.1, 0.15) is 17.0 Å². The minimum Gasteiger partial charge on any atom is -0.495 e. The smallest absolute Gasteiger partial charge is 0.137 e. The third-order valence-electron chi connectivity index (χ3n) is 5.44. The van der Waals surface area contributed by atoms with Gasteiger partial charge in [0.05, 0.1) is 41.9 Å². The third-order valence-corrected chi connectivity index (χ3v) is 5.44. The molecule has 0 radical (unpaired) electrons. The number of H-pyrrole nitrogens is 2. The lowest BCUT2D eigenvalue weighted by atomic mass is 10.1. The second-order valence-electron chi connectivity index (χ2n) is 7.35. The first-order valence-electron chi connectivity index (χ1n) is 10.0. The Morgan fingerprint density at radius 1 is 0.812 bits per heavy atom. The number of nitrogens with zero attached hydrogens (tertiary/aromatic N) is 5. The summed E-state index contributed by atoms with van der Waals surface area (Å²) in [5.74, 6) is 0.684. The van der Waals surface area contributed by atoms with E-state index in [0.717, 1.165) is 55.7 Å². The summed E-state index contributed by atoms with van der Waals surface area (Å²) in [7, 11) is 1.62. The van der Waals surface area contributed by atoms with Gasteiger partial charge in [0.2, 0.25) is 0 Å². The van der Waals surface area contributed by atoms with Crippen LogP contribution in [0.15, 0.2) is 73.6 Å². The molecular formula is C24H17N7O. The molecule has 32 heavy (non-hydrogen) atoms. The Labute approximate surface area is 182 Å². The number of hydrogen-bond acceptors (Lipinski definition) is 6. The number of aromatic nitrogens is 7. The van der Waals surface area contributed by atoms with Crippen LogP contribution in [0.2, 0.25) is 0 Å². The van der Waals surface area contributed by atoms with Gasteiger partial charge in [-0.15, -0.1) is 0 Å². The monoisotopic (exact) mass is 419 g/mol. The quantitative estimate of drug-likeness (QED) is 0.431. The summed E-state index contributed by atoms with van der Waals surface area (Å²) >= 11 is 0. The molecule has 6 heterocycles. The van der Waals surface area contributed by atoms with Gasteiger partial charge in [-0.3, -0.25) is 20.1 Å². The largest absolute Gasteiger partial charge is 0.495 e. The van der Waals surface area contributed by atoms with Crippen molar-refractivity contribution in [2.24, 2.45) is 0 Å². The summed E-state index contributed by atoms with van der Waals surface area (Å²) in [4.78, 5) is 21.1. The number of fused-ring (bicyclic) bond motifs is 2. The number of rotatable bonds is 4. The Morgan fingerprint density at radius 2 is 1.69 bits per heavy atom. The Hall–Kier alpha value is -4.59. The average molecular weight is 419 g/mol. The van der Waals surface area contributed by atoms with Gasteiger partial charge in [0.25, 0.3) is 0 Å². The Bertz CT molecular complexity index is 1570. The summed E-state index contributed by atoms with van der Waals surface area (Å²) < 4.78 is 5.30. The van der Waals surface area contributed by atoms with Crippen molar-refractivity contribution >= 4 is 21.9 Å². The van der Waals surface area contributed by atoms with E-state index in [1.807, 2.05) is 42.7 Å². The van der Waals surface area contributed by atoms with E-state index >= 15 is 0 Å². The molecule has 0 bridgehead atoms. The highest BCUT2D eigenvalue weighted by Gasteiger charge is 2.16. The molecule has 2 N–H and O–H groups in total. The molecule has 6 rings (SSSR count). The van der Waals surface area contributed by atoms with Gasteiger partial charge in [-0.2, -0.15) is 5.10 Å². The molecule has 8 nitrogen and oxygen atoms in total. The van der Waals surface area contributed by atoms with Crippen molar-refractivity contribution in [1.29, 1.82) is 0 Å². The van der Waals surface area contributed by atoms with E-state index in [2.05, 4.69) is 36.2 Å². The number of hydrogen-bond donors (Lipinski definition) is 2. The lowest BCUT2D eigenvalue weighted by molar-refractivity contribution is 0.413. The summed E-state index contributed by atoms with van der Waals surface area (Å²) in [5.41, 5.74) is 7.92. The van der Waals surface area contributed by atoms with E-state index in [0.29, 0.717) is 5.75 Å².